The largest absolute Gasteiger partial charge is 0.493 e. The molecule has 0 bridgehead atoms. The lowest BCUT2D eigenvalue weighted by atomic mass is 9.82. The van der Waals surface area contributed by atoms with E-state index in [0.29, 0.717) is 5.56 Å². The Morgan fingerprint density at radius 1 is 1.12 bits per heavy atom. The molecular formula is C19H20FNO5. The smallest absolute Gasteiger partial charge is 0.315 e. The third-order valence-corrected chi connectivity index (χ3v) is 4.21. The Bertz CT molecular complexity index is 809. The standard InChI is InChI=1S/C19H20FNO5/c1-19(18(23)24,12-7-5-4-6-8-12)11-21-17(22)15-13(20)9-10-14(25-2)16(15)26-3/h4-10H,11H2,1-3H3,(H,21,22)(H,23,24). The highest BCUT2D eigenvalue weighted by Crippen LogP contribution is 2.33. The van der Waals surface area contributed by atoms with Gasteiger partial charge in [-0.2, -0.15) is 0 Å². The number of rotatable bonds is 7. The molecule has 2 aromatic rings. The van der Waals surface area contributed by atoms with Crippen molar-refractivity contribution in [2.24, 2.45) is 0 Å². The zero-order valence-corrected chi connectivity index (χ0v) is 14.7. The molecule has 0 aliphatic carbocycles. The van der Waals surface area contributed by atoms with E-state index in [0.717, 1.165) is 6.07 Å². The molecule has 138 valence electrons. The number of benzene rings is 2. The van der Waals surface area contributed by atoms with Gasteiger partial charge in [-0.05, 0) is 24.6 Å². The van der Waals surface area contributed by atoms with Gasteiger partial charge in [-0.1, -0.05) is 30.3 Å². The molecule has 7 heteroatoms. The Morgan fingerprint density at radius 2 is 1.77 bits per heavy atom. The van der Waals surface area contributed by atoms with Gasteiger partial charge >= 0.3 is 5.97 Å². The minimum absolute atomic E-state index is 0.0539. The number of amides is 1. The van der Waals surface area contributed by atoms with Crippen LogP contribution in [0.4, 0.5) is 4.39 Å². The number of carboxylic acids is 1. The quantitative estimate of drug-likeness (QED) is 0.792. The number of ether oxygens (including phenoxy) is 2. The Labute approximate surface area is 150 Å². The summed E-state index contributed by atoms with van der Waals surface area (Å²) in [5.74, 6) is -2.55. The van der Waals surface area contributed by atoms with Crippen LogP contribution in [0.2, 0.25) is 0 Å². The van der Waals surface area contributed by atoms with Crippen LogP contribution in [0.25, 0.3) is 0 Å². The lowest BCUT2D eigenvalue weighted by Gasteiger charge is -2.26. The van der Waals surface area contributed by atoms with Crippen LogP contribution in [0.5, 0.6) is 11.5 Å². The van der Waals surface area contributed by atoms with Crippen LogP contribution in [0.3, 0.4) is 0 Å². The monoisotopic (exact) mass is 361 g/mol. The molecule has 2 N–H and O–H groups in total. The van der Waals surface area contributed by atoms with Crippen LogP contribution < -0.4 is 14.8 Å². The van der Waals surface area contributed by atoms with Gasteiger partial charge in [0.1, 0.15) is 16.8 Å². The molecule has 6 nitrogen and oxygen atoms in total. The topological polar surface area (TPSA) is 84.9 Å². The van der Waals surface area contributed by atoms with Crippen LogP contribution in [-0.2, 0) is 10.2 Å². The van der Waals surface area contributed by atoms with Crippen molar-refractivity contribution in [3.05, 3.63) is 59.4 Å². The zero-order valence-electron chi connectivity index (χ0n) is 14.7. The Morgan fingerprint density at radius 3 is 2.31 bits per heavy atom. The maximum Gasteiger partial charge on any atom is 0.315 e. The van der Waals surface area contributed by atoms with Crippen molar-refractivity contribution >= 4 is 11.9 Å². The second-order valence-corrected chi connectivity index (χ2v) is 5.84. The summed E-state index contributed by atoms with van der Waals surface area (Å²) in [5, 5.41) is 12.1. The van der Waals surface area contributed by atoms with Gasteiger partial charge in [-0.3, -0.25) is 9.59 Å². The summed E-state index contributed by atoms with van der Waals surface area (Å²) in [5.41, 5.74) is -1.20. The number of hydrogen-bond donors (Lipinski definition) is 2. The number of methoxy groups -OCH3 is 2. The van der Waals surface area contributed by atoms with E-state index in [9.17, 15) is 19.1 Å². The average Bonchev–Trinajstić information content (AvgIpc) is 2.65. The highest BCUT2D eigenvalue weighted by molar-refractivity contribution is 5.98. The Hall–Kier alpha value is -3.09. The van der Waals surface area contributed by atoms with Gasteiger partial charge in [-0.15, -0.1) is 0 Å². The average molecular weight is 361 g/mol. The van der Waals surface area contributed by atoms with Crippen LogP contribution in [0.1, 0.15) is 22.8 Å². The van der Waals surface area contributed by atoms with E-state index in [2.05, 4.69) is 5.32 Å². The molecule has 0 saturated heterocycles. The van der Waals surface area contributed by atoms with Gasteiger partial charge in [0.2, 0.25) is 0 Å². The highest BCUT2D eigenvalue weighted by atomic mass is 19.1. The molecule has 0 aliphatic heterocycles. The first kappa shape index (κ1) is 19.2. The van der Waals surface area contributed by atoms with Crippen LogP contribution in [0, 0.1) is 5.82 Å². The number of carbonyl (C=O) groups is 2. The van der Waals surface area contributed by atoms with Crippen LogP contribution in [-0.4, -0.2) is 37.7 Å². The van der Waals surface area contributed by atoms with Gasteiger partial charge in [0.05, 0.1) is 14.2 Å². The molecule has 0 aliphatic rings. The summed E-state index contributed by atoms with van der Waals surface area (Å²) in [7, 11) is 2.66. The van der Waals surface area contributed by atoms with E-state index in [1.54, 1.807) is 30.3 Å². The summed E-state index contributed by atoms with van der Waals surface area (Å²) in [6, 6.07) is 10.9. The van der Waals surface area contributed by atoms with E-state index >= 15 is 0 Å². The zero-order chi connectivity index (χ0) is 19.3. The maximum atomic E-state index is 14.2. The van der Waals surface area contributed by atoms with Crippen LogP contribution in [0.15, 0.2) is 42.5 Å². The van der Waals surface area contributed by atoms with Gasteiger partial charge in [0, 0.05) is 6.54 Å². The summed E-state index contributed by atoms with van der Waals surface area (Å²) in [4.78, 5) is 24.3. The number of carboxylic acid groups (broad SMARTS) is 1. The molecule has 0 fully saturated rings. The first-order chi connectivity index (χ1) is 12.3. The van der Waals surface area contributed by atoms with Crippen LogP contribution >= 0.6 is 0 Å². The van der Waals surface area contributed by atoms with Crippen molar-refractivity contribution in [3.8, 4) is 11.5 Å². The third-order valence-electron chi connectivity index (χ3n) is 4.21. The van der Waals surface area contributed by atoms with E-state index in [1.807, 2.05) is 0 Å². The van der Waals surface area contributed by atoms with Crippen molar-refractivity contribution in [3.63, 3.8) is 0 Å². The van der Waals surface area contributed by atoms with Gasteiger partial charge in [-0.25, -0.2) is 4.39 Å². The van der Waals surface area contributed by atoms with Gasteiger partial charge in [0.25, 0.3) is 5.91 Å². The van der Waals surface area contributed by atoms with E-state index < -0.39 is 23.1 Å². The van der Waals surface area contributed by atoms with E-state index in [1.165, 1.54) is 27.2 Å². The van der Waals surface area contributed by atoms with Crippen molar-refractivity contribution in [2.45, 2.75) is 12.3 Å². The molecule has 0 radical (unpaired) electrons. The molecule has 0 heterocycles. The second kappa shape index (κ2) is 7.86. The number of nitrogens with one attached hydrogen (secondary N) is 1. The van der Waals surface area contributed by atoms with Crippen molar-refractivity contribution in [1.29, 1.82) is 0 Å². The molecule has 2 aromatic carbocycles. The molecule has 0 saturated carbocycles. The number of aliphatic carboxylic acids is 1. The molecule has 26 heavy (non-hydrogen) atoms. The van der Waals surface area contributed by atoms with Crippen molar-refractivity contribution in [1.82, 2.24) is 5.32 Å². The number of hydrogen-bond acceptors (Lipinski definition) is 4. The summed E-state index contributed by atoms with van der Waals surface area (Å²) < 4.78 is 24.4. The molecule has 1 unspecified atom stereocenters. The minimum atomic E-state index is -1.38. The second-order valence-electron chi connectivity index (χ2n) is 5.84. The first-order valence-electron chi connectivity index (χ1n) is 7.82. The lowest BCUT2D eigenvalue weighted by Crippen LogP contribution is -2.44. The fourth-order valence-electron chi connectivity index (χ4n) is 2.57. The summed E-state index contributed by atoms with van der Waals surface area (Å²) in [6.45, 7) is 1.26. The highest BCUT2D eigenvalue weighted by Gasteiger charge is 2.36. The van der Waals surface area contributed by atoms with Gasteiger partial charge < -0.3 is 19.9 Å². The van der Waals surface area contributed by atoms with E-state index in [4.69, 9.17) is 9.47 Å². The maximum absolute atomic E-state index is 14.2. The summed E-state index contributed by atoms with van der Waals surface area (Å²) >= 11 is 0. The fourth-order valence-corrected chi connectivity index (χ4v) is 2.57. The van der Waals surface area contributed by atoms with E-state index in [-0.39, 0.29) is 23.6 Å². The lowest BCUT2D eigenvalue weighted by molar-refractivity contribution is -0.142. The molecular weight excluding hydrogens is 341 g/mol. The predicted octanol–water partition coefficient (Wildman–Crippen LogP) is 2.62. The predicted molar refractivity (Wildman–Crippen MR) is 93.3 cm³/mol. The fraction of sp³-hybridized carbons (Fsp3) is 0.263. The summed E-state index contributed by atoms with van der Waals surface area (Å²) in [6.07, 6.45) is 0. The minimum Gasteiger partial charge on any atom is -0.493 e. The SMILES string of the molecule is COc1ccc(F)c(C(=O)NCC(C)(C(=O)O)c2ccccc2)c1OC. The Kier molecular flexibility index (Phi) is 5.82. The first-order valence-corrected chi connectivity index (χ1v) is 7.82. The normalized spacial score (nSPS) is 12.8. The van der Waals surface area contributed by atoms with Crippen molar-refractivity contribution in [2.75, 3.05) is 20.8 Å². The van der Waals surface area contributed by atoms with Crippen molar-refractivity contribution < 1.29 is 28.6 Å². The number of halogens is 1. The molecule has 1 amide bonds. The molecule has 0 aromatic heterocycles. The Balaban J connectivity index is 2.32. The van der Waals surface area contributed by atoms with Gasteiger partial charge in [0.15, 0.2) is 11.5 Å². The molecule has 2 rings (SSSR count). The molecule has 0 spiro atoms. The third kappa shape index (κ3) is 3.61. The number of carbonyl (C=O) groups excluding carboxylic acids is 1. The molecule has 1 atom stereocenters.